The predicted octanol–water partition coefficient (Wildman–Crippen LogP) is 4.51. The molecule has 0 atom stereocenters. The fourth-order valence-corrected chi connectivity index (χ4v) is 4.48. The van der Waals surface area contributed by atoms with Gasteiger partial charge in [-0.1, -0.05) is 67.7 Å². The van der Waals surface area contributed by atoms with Gasteiger partial charge in [-0.15, -0.1) is 11.3 Å². The Morgan fingerprint density at radius 2 is 1.52 bits per heavy atom. The fourth-order valence-electron chi connectivity index (χ4n) is 3.26. The van der Waals surface area contributed by atoms with Gasteiger partial charge in [0.1, 0.15) is 0 Å². The summed E-state index contributed by atoms with van der Waals surface area (Å²) >= 11 is 1.95. The summed E-state index contributed by atoms with van der Waals surface area (Å²) in [5, 5.41) is 1.41. The Morgan fingerprint density at radius 3 is 2.09 bits per heavy atom. The van der Waals surface area contributed by atoms with Crippen LogP contribution < -0.4 is 10.2 Å². The monoisotopic (exact) mass is 320 g/mol. The topological polar surface area (TPSA) is 0 Å². The molecule has 3 rings (SSSR count). The lowest BCUT2D eigenvalue weighted by Crippen LogP contribution is -2.31. The molecule has 0 fully saturated rings. The Labute approximate surface area is 144 Å². The van der Waals surface area contributed by atoms with Crippen LogP contribution in [0.5, 0.6) is 0 Å². The van der Waals surface area contributed by atoms with Crippen LogP contribution in [0, 0.1) is 20.8 Å². The molecule has 0 spiro atoms. The summed E-state index contributed by atoms with van der Waals surface area (Å²) in [5.74, 6) is 0. The molecule has 2 heteroatoms. The summed E-state index contributed by atoms with van der Waals surface area (Å²) in [6.07, 6.45) is 0. The highest BCUT2D eigenvalue weighted by Gasteiger charge is 2.18. The standard InChI is InChI=1S/C21H25BS/c1-13-11-16(21(4,5)6)12-14(2)19(13)22-20-15(3)17-9-7-8-10-18(17)23-20/h7-12,22H,1-6H3. The summed E-state index contributed by atoms with van der Waals surface area (Å²) in [5.41, 5.74) is 7.43. The van der Waals surface area contributed by atoms with Gasteiger partial charge in [0.25, 0.3) is 0 Å². The van der Waals surface area contributed by atoms with E-state index in [0.717, 1.165) is 7.28 Å². The fraction of sp³-hybridized carbons (Fsp3) is 0.333. The second-order valence-corrected chi connectivity index (χ2v) is 8.80. The van der Waals surface area contributed by atoms with Crippen LogP contribution in [0.25, 0.3) is 10.1 Å². The van der Waals surface area contributed by atoms with Crippen molar-refractivity contribution in [3.63, 3.8) is 0 Å². The minimum atomic E-state index is 0.210. The molecule has 0 saturated heterocycles. The minimum Gasteiger partial charge on any atom is -0.150 e. The number of hydrogen-bond acceptors (Lipinski definition) is 1. The molecule has 0 bridgehead atoms. The van der Waals surface area contributed by atoms with Crippen molar-refractivity contribution in [1.29, 1.82) is 0 Å². The lowest BCUT2D eigenvalue weighted by atomic mass is 9.63. The van der Waals surface area contributed by atoms with Crippen LogP contribution in [-0.4, -0.2) is 7.28 Å². The Bertz CT molecular complexity index is 842. The van der Waals surface area contributed by atoms with Gasteiger partial charge in [-0.25, -0.2) is 0 Å². The molecule has 0 nitrogen and oxygen atoms in total. The number of benzene rings is 2. The SMILES string of the molecule is Cc1cc(C(C)(C)C)cc(C)c1Bc1sc2ccccc2c1C. The maximum absolute atomic E-state index is 2.38. The van der Waals surface area contributed by atoms with Crippen molar-refractivity contribution in [1.82, 2.24) is 0 Å². The van der Waals surface area contributed by atoms with Crippen LogP contribution in [0.2, 0.25) is 0 Å². The van der Waals surface area contributed by atoms with E-state index in [9.17, 15) is 0 Å². The number of aryl methyl sites for hydroxylation is 3. The van der Waals surface area contributed by atoms with Gasteiger partial charge in [0.2, 0.25) is 7.28 Å². The van der Waals surface area contributed by atoms with Gasteiger partial charge in [0, 0.05) is 4.70 Å². The molecule has 0 N–H and O–H groups in total. The van der Waals surface area contributed by atoms with Crippen LogP contribution in [-0.2, 0) is 5.41 Å². The third-order valence-corrected chi connectivity index (χ3v) is 6.11. The Kier molecular flexibility index (Phi) is 4.14. The molecule has 0 unspecified atom stereocenters. The minimum absolute atomic E-state index is 0.210. The number of rotatable bonds is 2. The molecule has 118 valence electrons. The molecule has 0 saturated carbocycles. The summed E-state index contributed by atoms with van der Waals surface area (Å²) in [4.78, 5) is 0. The molecule has 1 heterocycles. The van der Waals surface area contributed by atoms with E-state index in [2.05, 4.69) is 77.9 Å². The van der Waals surface area contributed by atoms with E-state index in [4.69, 9.17) is 0 Å². The van der Waals surface area contributed by atoms with Crippen LogP contribution in [0.1, 0.15) is 43.0 Å². The lowest BCUT2D eigenvalue weighted by molar-refractivity contribution is 0.589. The van der Waals surface area contributed by atoms with Crippen molar-refractivity contribution in [2.75, 3.05) is 0 Å². The zero-order chi connectivity index (χ0) is 16.8. The van der Waals surface area contributed by atoms with Crippen LogP contribution in [0.15, 0.2) is 36.4 Å². The van der Waals surface area contributed by atoms with E-state index in [0.29, 0.717) is 0 Å². The van der Waals surface area contributed by atoms with E-state index in [1.807, 2.05) is 11.3 Å². The van der Waals surface area contributed by atoms with E-state index in [-0.39, 0.29) is 5.41 Å². The maximum Gasteiger partial charge on any atom is 0.206 e. The molecular weight excluding hydrogens is 295 g/mol. The van der Waals surface area contributed by atoms with Crippen LogP contribution in [0.3, 0.4) is 0 Å². The second kappa shape index (κ2) is 5.83. The highest BCUT2D eigenvalue weighted by atomic mass is 32.1. The molecule has 0 aliphatic heterocycles. The van der Waals surface area contributed by atoms with E-state index in [1.54, 1.807) is 0 Å². The normalized spacial score (nSPS) is 11.9. The largest absolute Gasteiger partial charge is 0.206 e. The zero-order valence-corrected chi connectivity index (χ0v) is 15.9. The van der Waals surface area contributed by atoms with Gasteiger partial charge in [-0.2, -0.15) is 0 Å². The average Bonchev–Trinajstić information content (AvgIpc) is 2.78. The van der Waals surface area contributed by atoms with Crippen molar-refractivity contribution < 1.29 is 0 Å². The summed E-state index contributed by atoms with van der Waals surface area (Å²) < 4.78 is 2.91. The Balaban J connectivity index is 2.04. The third-order valence-electron chi connectivity index (χ3n) is 4.84. The first-order valence-corrected chi connectivity index (χ1v) is 9.16. The lowest BCUT2D eigenvalue weighted by Gasteiger charge is -2.22. The molecular formula is C21H25BS. The van der Waals surface area contributed by atoms with Gasteiger partial charge >= 0.3 is 0 Å². The predicted molar refractivity (Wildman–Crippen MR) is 108 cm³/mol. The molecule has 3 aromatic rings. The molecule has 1 aromatic heterocycles. The smallest absolute Gasteiger partial charge is 0.150 e. The van der Waals surface area contributed by atoms with Gasteiger partial charge < -0.3 is 0 Å². The zero-order valence-electron chi connectivity index (χ0n) is 15.1. The molecule has 2 aromatic carbocycles. The Morgan fingerprint density at radius 1 is 0.913 bits per heavy atom. The molecule has 0 amide bonds. The summed E-state index contributed by atoms with van der Waals surface area (Å²) in [6.45, 7) is 13.7. The van der Waals surface area contributed by atoms with Gasteiger partial charge in [0.05, 0.1) is 0 Å². The van der Waals surface area contributed by atoms with E-state index in [1.165, 1.54) is 42.6 Å². The quantitative estimate of drug-likeness (QED) is 0.609. The first kappa shape index (κ1) is 16.3. The maximum atomic E-state index is 2.38. The van der Waals surface area contributed by atoms with Gasteiger partial charge in [-0.05, 0) is 53.5 Å². The average molecular weight is 320 g/mol. The van der Waals surface area contributed by atoms with Gasteiger partial charge in [-0.3, -0.25) is 0 Å². The molecule has 0 aliphatic carbocycles. The van der Waals surface area contributed by atoms with Gasteiger partial charge in [0.15, 0.2) is 0 Å². The third kappa shape index (κ3) is 3.10. The highest BCUT2D eigenvalue weighted by molar-refractivity contribution is 7.28. The number of fused-ring (bicyclic) bond motifs is 1. The summed E-state index contributed by atoms with van der Waals surface area (Å²) in [7, 11) is 1.05. The second-order valence-electron chi connectivity index (χ2n) is 7.66. The van der Waals surface area contributed by atoms with Crippen molar-refractivity contribution in [3.05, 3.63) is 58.7 Å². The molecule has 0 radical (unpaired) electrons. The van der Waals surface area contributed by atoms with Crippen molar-refractivity contribution >= 4 is 38.9 Å². The van der Waals surface area contributed by atoms with Crippen LogP contribution in [0.4, 0.5) is 0 Å². The number of thiophene rings is 1. The van der Waals surface area contributed by atoms with Crippen molar-refractivity contribution in [2.24, 2.45) is 0 Å². The highest BCUT2D eigenvalue weighted by Crippen LogP contribution is 2.25. The first-order valence-electron chi connectivity index (χ1n) is 8.35. The van der Waals surface area contributed by atoms with E-state index < -0.39 is 0 Å². The summed E-state index contributed by atoms with van der Waals surface area (Å²) in [6, 6.07) is 13.5. The Hall–Kier alpha value is -1.54. The van der Waals surface area contributed by atoms with Crippen molar-refractivity contribution in [2.45, 2.75) is 47.0 Å². The molecule has 0 aliphatic rings. The number of hydrogen-bond donors (Lipinski definition) is 0. The first-order chi connectivity index (χ1) is 10.8. The van der Waals surface area contributed by atoms with Crippen LogP contribution >= 0.6 is 11.3 Å². The molecule has 23 heavy (non-hydrogen) atoms. The van der Waals surface area contributed by atoms with Crippen molar-refractivity contribution in [3.8, 4) is 0 Å². The van der Waals surface area contributed by atoms with E-state index >= 15 is 0 Å².